The van der Waals surface area contributed by atoms with E-state index in [-0.39, 0.29) is 18.3 Å². The summed E-state index contributed by atoms with van der Waals surface area (Å²) in [5.74, 6) is -1.58. The van der Waals surface area contributed by atoms with Gasteiger partial charge in [0.15, 0.2) is 12.4 Å². The van der Waals surface area contributed by atoms with E-state index < -0.39 is 11.8 Å². The maximum Gasteiger partial charge on any atom is 0.331 e. The van der Waals surface area contributed by atoms with Crippen molar-refractivity contribution in [2.24, 2.45) is 0 Å². The summed E-state index contributed by atoms with van der Waals surface area (Å²) in [6.07, 6.45) is 2.83. The molecule has 1 aliphatic heterocycles. The first kappa shape index (κ1) is 22.5. The molecule has 0 N–H and O–H groups in total. The summed E-state index contributed by atoms with van der Waals surface area (Å²) < 4.78 is 19.4. The lowest BCUT2D eigenvalue weighted by Crippen LogP contribution is -2.50. The van der Waals surface area contributed by atoms with Crippen LogP contribution in [-0.2, 0) is 14.3 Å². The minimum Gasteiger partial charge on any atom is -0.452 e. The average molecular weight is 445 g/mol. The molecule has 0 spiro atoms. The van der Waals surface area contributed by atoms with E-state index in [4.69, 9.17) is 16.3 Å². The van der Waals surface area contributed by atoms with Crippen LogP contribution in [0.5, 0.6) is 0 Å². The van der Waals surface area contributed by atoms with Crippen molar-refractivity contribution < 1.29 is 23.5 Å². The van der Waals surface area contributed by atoms with Crippen LogP contribution in [0.15, 0.2) is 48.5 Å². The molecule has 0 saturated carbocycles. The summed E-state index contributed by atoms with van der Waals surface area (Å²) in [6.45, 7) is 2.67. The molecule has 0 aromatic heterocycles. The second-order valence-electron chi connectivity index (χ2n) is 7.08. The Kier molecular flexibility index (Phi) is 7.41. The number of ketones is 1. The van der Waals surface area contributed by atoms with Gasteiger partial charge in [-0.2, -0.15) is 0 Å². The quantitative estimate of drug-likeness (QED) is 0.387. The molecular weight excluding hydrogens is 423 g/mol. The van der Waals surface area contributed by atoms with Crippen LogP contribution >= 0.6 is 11.6 Å². The number of halogens is 2. The Bertz CT molecular complexity index is 999. The fourth-order valence-electron chi connectivity index (χ4n) is 3.19. The van der Waals surface area contributed by atoms with Crippen molar-refractivity contribution in [2.75, 3.05) is 37.7 Å². The van der Waals surface area contributed by atoms with E-state index in [0.717, 1.165) is 5.56 Å². The zero-order valence-corrected chi connectivity index (χ0v) is 17.8. The molecule has 0 bridgehead atoms. The summed E-state index contributed by atoms with van der Waals surface area (Å²) in [5.41, 5.74) is 1.50. The normalized spacial score (nSPS) is 14.0. The van der Waals surface area contributed by atoms with Gasteiger partial charge >= 0.3 is 5.97 Å². The van der Waals surface area contributed by atoms with Crippen molar-refractivity contribution in [3.8, 4) is 0 Å². The van der Waals surface area contributed by atoms with Crippen molar-refractivity contribution >= 4 is 41.0 Å². The van der Waals surface area contributed by atoms with Gasteiger partial charge in [0.25, 0.3) is 5.91 Å². The predicted octanol–water partition coefficient (Wildman–Crippen LogP) is 3.59. The first-order valence-electron chi connectivity index (χ1n) is 9.77. The number of benzene rings is 2. The number of anilines is 1. The number of carbonyl (C=O) groups is 3. The van der Waals surface area contributed by atoms with Gasteiger partial charge in [0.2, 0.25) is 0 Å². The lowest BCUT2D eigenvalue weighted by atomic mass is 10.1. The first-order chi connectivity index (χ1) is 14.8. The monoisotopic (exact) mass is 444 g/mol. The van der Waals surface area contributed by atoms with Gasteiger partial charge in [0.05, 0.1) is 5.69 Å². The van der Waals surface area contributed by atoms with Gasteiger partial charge in [-0.15, -0.1) is 0 Å². The zero-order chi connectivity index (χ0) is 22.4. The molecule has 1 amide bonds. The summed E-state index contributed by atoms with van der Waals surface area (Å²) in [5, 5.41) is 0.598. The number of nitrogens with zero attached hydrogens (tertiary/aromatic N) is 2. The summed E-state index contributed by atoms with van der Waals surface area (Å²) >= 11 is 5.81. The highest BCUT2D eigenvalue weighted by molar-refractivity contribution is 6.30. The van der Waals surface area contributed by atoms with E-state index in [1.807, 2.05) is 4.90 Å². The highest BCUT2D eigenvalue weighted by atomic mass is 35.5. The minimum atomic E-state index is -0.616. The van der Waals surface area contributed by atoms with Gasteiger partial charge < -0.3 is 14.5 Å². The van der Waals surface area contributed by atoms with Crippen molar-refractivity contribution in [3.05, 3.63) is 70.5 Å². The Morgan fingerprint density at radius 3 is 2.35 bits per heavy atom. The fraction of sp³-hybridized carbons (Fsp3) is 0.261. The van der Waals surface area contributed by atoms with Crippen LogP contribution in [-0.4, -0.2) is 55.3 Å². The van der Waals surface area contributed by atoms with Crippen molar-refractivity contribution in [2.45, 2.75) is 6.92 Å². The molecule has 8 heteroatoms. The van der Waals surface area contributed by atoms with E-state index >= 15 is 0 Å². The Hall–Kier alpha value is -3.19. The Balaban J connectivity index is 1.46. The van der Waals surface area contributed by atoms with Gasteiger partial charge in [-0.3, -0.25) is 9.59 Å². The van der Waals surface area contributed by atoms with Crippen LogP contribution < -0.4 is 4.90 Å². The molecule has 2 aromatic rings. The standard InChI is InChI=1S/C23H22ClFN2O4/c1-16(28)18-5-8-21(20(25)14-18)26-10-12-27(13-11-26)22(29)15-31-23(30)9-4-17-2-6-19(24)7-3-17/h2-9,14H,10-13,15H2,1H3/b9-4+. The van der Waals surface area contributed by atoms with Gasteiger partial charge in [-0.1, -0.05) is 23.7 Å². The van der Waals surface area contributed by atoms with E-state index in [9.17, 15) is 18.8 Å². The molecule has 31 heavy (non-hydrogen) atoms. The Labute approximate surface area is 184 Å². The first-order valence-corrected chi connectivity index (χ1v) is 10.1. The van der Waals surface area contributed by atoms with Crippen LogP contribution in [0.25, 0.3) is 6.08 Å². The molecular formula is C23H22ClFN2O4. The Morgan fingerprint density at radius 1 is 1.06 bits per heavy atom. The van der Waals surface area contributed by atoms with Gasteiger partial charge in [-0.05, 0) is 48.9 Å². The maximum atomic E-state index is 14.3. The number of esters is 1. The van der Waals surface area contributed by atoms with E-state index in [0.29, 0.717) is 42.5 Å². The van der Waals surface area contributed by atoms with E-state index in [2.05, 4.69) is 0 Å². The van der Waals surface area contributed by atoms with Crippen LogP contribution in [0.2, 0.25) is 5.02 Å². The Morgan fingerprint density at radius 2 is 1.74 bits per heavy atom. The average Bonchev–Trinajstić information content (AvgIpc) is 2.77. The fourth-order valence-corrected chi connectivity index (χ4v) is 3.32. The molecule has 3 rings (SSSR count). The number of hydrogen-bond acceptors (Lipinski definition) is 5. The molecule has 0 unspecified atom stereocenters. The van der Waals surface area contributed by atoms with Crippen molar-refractivity contribution in [3.63, 3.8) is 0 Å². The predicted molar refractivity (Wildman–Crippen MR) is 117 cm³/mol. The maximum absolute atomic E-state index is 14.3. The molecule has 1 heterocycles. The third-order valence-electron chi connectivity index (χ3n) is 4.95. The molecule has 1 saturated heterocycles. The number of carbonyl (C=O) groups excluding carboxylic acids is 3. The van der Waals surface area contributed by atoms with Gasteiger partial charge in [0.1, 0.15) is 5.82 Å². The molecule has 1 fully saturated rings. The van der Waals surface area contributed by atoms with E-state index in [1.54, 1.807) is 47.4 Å². The smallest absolute Gasteiger partial charge is 0.331 e. The number of ether oxygens (including phenoxy) is 1. The van der Waals surface area contributed by atoms with Crippen molar-refractivity contribution in [1.29, 1.82) is 0 Å². The van der Waals surface area contributed by atoms with Crippen molar-refractivity contribution in [1.82, 2.24) is 4.90 Å². The number of hydrogen-bond donors (Lipinski definition) is 0. The number of amides is 1. The van der Waals surface area contributed by atoms with E-state index in [1.165, 1.54) is 19.1 Å². The summed E-state index contributed by atoms with van der Waals surface area (Å²) in [7, 11) is 0. The topological polar surface area (TPSA) is 66.9 Å². The highest BCUT2D eigenvalue weighted by Gasteiger charge is 2.23. The molecule has 0 aliphatic carbocycles. The van der Waals surface area contributed by atoms with Crippen LogP contribution in [0, 0.1) is 5.82 Å². The van der Waals surface area contributed by atoms with Crippen LogP contribution in [0.4, 0.5) is 10.1 Å². The second kappa shape index (κ2) is 10.2. The molecule has 162 valence electrons. The minimum absolute atomic E-state index is 0.196. The third kappa shape index (κ3) is 6.15. The summed E-state index contributed by atoms with van der Waals surface area (Å²) in [4.78, 5) is 38.9. The zero-order valence-electron chi connectivity index (χ0n) is 17.0. The second-order valence-corrected chi connectivity index (χ2v) is 7.52. The lowest BCUT2D eigenvalue weighted by Gasteiger charge is -2.36. The molecule has 2 aromatic carbocycles. The lowest BCUT2D eigenvalue weighted by molar-refractivity contribution is -0.148. The van der Waals surface area contributed by atoms with Crippen LogP contribution in [0.3, 0.4) is 0 Å². The number of Topliss-reactive ketones (excluding diaryl/α,β-unsaturated/α-hetero) is 1. The SMILES string of the molecule is CC(=O)c1ccc(N2CCN(C(=O)COC(=O)/C=C/c3ccc(Cl)cc3)CC2)c(F)c1. The number of piperazine rings is 1. The molecule has 0 atom stereocenters. The van der Waals surface area contributed by atoms with Gasteiger partial charge in [-0.25, -0.2) is 9.18 Å². The third-order valence-corrected chi connectivity index (χ3v) is 5.20. The van der Waals surface area contributed by atoms with Crippen LogP contribution in [0.1, 0.15) is 22.8 Å². The molecule has 6 nitrogen and oxygen atoms in total. The summed E-state index contributed by atoms with van der Waals surface area (Å²) in [6, 6.07) is 11.3. The van der Waals surface area contributed by atoms with Gasteiger partial charge in [0, 0.05) is 42.8 Å². The number of rotatable bonds is 6. The highest BCUT2D eigenvalue weighted by Crippen LogP contribution is 2.22. The largest absolute Gasteiger partial charge is 0.452 e. The molecule has 0 radical (unpaired) electrons. The molecule has 1 aliphatic rings.